The molecule has 2 unspecified atom stereocenters. The maximum Gasteiger partial charge on any atom is 0.314 e. The summed E-state index contributed by atoms with van der Waals surface area (Å²) in [5.41, 5.74) is 0.520. The van der Waals surface area contributed by atoms with Gasteiger partial charge < -0.3 is 10.2 Å². The van der Waals surface area contributed by atoms with E-state index in [9.17, 15) is 19.4 Å². The molecule has 0 aliphatic heterocycles. The molecular weight excluding hydrogens is 295 g/mol. The highest BCUT2D eigenvalue weighted by molar-refractivity contribution is 7.98. The van der Waals surface area contributed by atoms with Crippen molar-refractivity contribution in [2.24, 2.45) is 0 Å². The number of nitrogens with zero attached hydrogens (tertiary/aromatic N) is 2. The number of aliphatic carboxylic acids is 1. The maximum absolute atomic E-state index is 12.9. The van der Waals surface area contributed by atoms with Gasteiger partial charge in [-0.1, -0.05) is 23.9 Å². The molecule has 2 aromatic rings. The zero-order valence-electron chi connectivity index (χ0n) is 11.1. The van der Waals surface area contributed by atoms with E-state index in [0.29, 0.717) is 10.7 Å². The summed E-state index contributed by atoms with van der Waals surface area (Å²) >= 11 is 1.29. The quantitative estimate of drug-likeness (QED) is 0.651. The van der Waals surface area contributed by atoms with E-state index in [1.54, 1.807) is 6.26 Å². The summed E-state index contributed by atoms with van der Waals surface area (Å²) in [6.07, 6.45) is 1.89. The SMILES string of the molecule is CSc1nccc(C(O)C(C(=O)O)c2ccc(F)cc2)n1. The highest BCUT2D eigenvalue weighted by Crippen LogP contribution is 2.30. The van der Waals surface area contributed by atoms with Crippen LogP contribution in [-0.2, 0) is 4.79 Å². The summed E-state index contributed by atoms with van der Waals surface area (Å²) in [5, 5.41) is 20.1. The molecule has 2 N–H and O–H groups in total. The Morgan fingerprint density at radius 1 is 1.29 bits per heavy atom. The molecule has 2 rings (SSSR count). The van der Waals surface area contributed by atoms with Gasteiger partial charge in [-0.05, 0) is 30.0 Å². The molecule has 0 radical (unpaired) electrons. The smallest absolute Gasteiger partial charge is 0.314 e. The first-order valence-electron chi connectivity index (χ1n) is 6.06. The average molecular weight is 308 g/mol. The highest BCUT2D eigenvalue weighted by Gasteiger charge is 2.30. The third-order valence-electron chi connectivity index (χ3n) is 2.95. The van der Waals surface area contributed by atoms with Crippen molar-refractivity contribution in [2.45, 2.75) is 17.2 Å². The summed E-state index contributed by atoms with van der Waals surface area (Å²) in [5.74, 6) is -2.90. The monoisotopic (exact) mass is 308 g/mol. The average Bonchev–Trinajstić information content (AvgIpc) is 2.49. The number of carboxylic acids is 1. The van der Waals surface area contributed by atoms with E-state index in [4.69, 9.17) is 0 Å². The Morgan fingerprint density at radius 2 is 1.95 bits per heavy atom. The molecule has 0 saturated heterocycles. The Labute approximate surface area is 124 Å². The van der Waals surface area contributed by atoms with Crippen LogP contribution < -0.4 is 0 Å². The van der Waals surface area contributed by atoms with Crippen LogP contribution in [0.3, 0.4) is 0 Å². The van der Waals surface area contributed by atoms with E-state index >= 15 is 0 Å². The van der Waals surface area contributed by atoms with E-state index in [1.807, 2.05) is 0 Å². The predicted molar refractivity (Wildman–Crippen MR) is 75.5 cm³/mol. The molecule has 1 aromatic heterocycles. The molecule has 0 aliphatic carbocycles. The van der Waals surface area contributed by atoms with Crippen molar-refractivity contribution >= 4 is 17.7 Å². The summed E-state index contributed by atoms with van der Waals surface area (Å²) in [7, 11) is 0. The number of hydrogen-bond acceptors (Lipinski definition) is 5. The Kier molecular flexibility index (Phi) is 4.87. The molecular formula is C14H13FN2O3S. The number of benzene rings is 1. The van der Waals surface area contributed by atoms with Gasteiger partial charge in [-0.15, -0.1) is 0 Å². The Hall–Kier alpha value is -1.99. The molecule has 0 fully saturated rings. The van der Waals surface area contributed by atoms with Gasteiger partial charge in [0.15, 0.2) is 5.16 Å². The van der Waals surface area contributed by atoms with Crippen LogP contribution in [-0.4, -0.2) is 32.4 Å². The van der Waals surface area contributed by atoms with Gasteiger partial charge in [-0.3, -0.25) is 4.79 Å². The minimum absolute atomic E-state index is 0.214. The van der Waals surface area contributed by atoms with Gasteiger partial charge in [0.25, 0.3) is 0 Å². The van der Waals surface area contributed by atoms with E-state index in [-0.39, 0.29) is 5.69 Å². The number of thioether (sulfide) groups is 1. The van der Waals surface area contributed by atoms with Crippen molar-refractivity contribution in [3.05, 3.63) is 53.6 Å². The molecule has 1 heterocycles. The zero-order chi connectivity index (χ0) is 15.4. The van der Waals surface area contributed by atoms with Gasteiger partial charge in [0.2, 0.25) is 0 Å². The molecule has 110 valence electrons. The molecule has 7 heteroatoms. The van der Waals surface area contributed by atoms with Gasteiger partial charge >= 0.3 is 5.97 Å². The van der Waals surface area contributed by atoms with Gasteiger partial charge in [0.05, 0.1) is 5.69 Å². The van der Waals surface area contributed by atoms with Gasteiger partial charge in [-0.25, -0.2) is 14.4 Å². The van der Waals surface area contributed by atoms with E-state index in [0.717, 1.165) is 12.1 Å². The van der Waals surface area contributed by atoms with Crippen molar-refractivity contribution < 1.29 is 19.4 Å². The molecule has 0 spiro atoms. The molecule has 5 nitrogen and oxygen atoms in total. The lowest BCUT2D eigenvalue weighted by Crippen LogP contribution is -2.21. The number of rotatable bonds is 5. The number of halogens is 1. The van der Waals surface area contributed by atoms with Crippen LogP contribution in [0.1, 0.15) is 23.3 Å². The molecule has 21 heavy (non-hydrogen) atoms. The lowest BCUT2D eigenvalue weighted by molar-refractivity contribution is -0.141. The molecule has 2 atom stereocenters. The second-order valence-corrected chi connectivity index (χ2v) is 5.05. The van der Waals surface area contributed by atoms with Crippen LogP contribution in [0, 0.1) is 5.82 Å². The largest absolute Gasteiger partial charge is 0.481 e. The van der Waals surface area contributed by atoms with E-state index in [1.165, 1.54) is 36.2 Å². The van der Waals surface area contributed by atoms with Crippen molar-refractivity contribution in [1.29, 1.82) is 0 Å². The van der Waals surface area contributed by atoms with Crippen LogP contribution in [0.5, 0.6) is 0 Å². The van der Waals surface area contributed by atoms with Crippen molar-refractivity contribution in [2.75, 3.05) is 6.26 Å². The number of carbonyl (C=O) groups is 1. The fraction of sp³-hybridized carbons (Fsp3) is 0.214. The van der Waals surface area contributed by atoms with Gasteiger partial charge in [0, 0.05) is 6.20 Å². The first-order chi connectivity index (χ1) is 10.0. The standard InChI is InChI=1S/C14H13FN2O3S/c1-21-14-16-7-6-10(17-14)12(18)11(13(19)20)8-2-4-9(15)5-3-8/h2-7,11-12,18H,1H3,(H,19,20). The summed E-state index contributed by atoms with van der Waals surface area (Å²) in [6, 6.07) is 6.46. The first-order valence-corrected chi connectivity index (χ1v) is 7.28. The van der Waals surface area contributed by atoms with E-state index in [2.05, 4.69) is 9.97 Å². The third-order valence-corrected chi connectivity index (χ3v) is 3.51. The number of aliphatic hydroxyl groups is 1. The van der Waals surface area contributed by atoms with Crippen LogP contribution in [0.15, 0.2) is 41.7 Å². The Balaban J connectivity index is 2.37. The highest BCUT2D eigenvalue weighted by atomic mass is 32.2. The van der Waals surface area contributed by atoms with E-state index < -0.39 is 23.8 Å². The van der Waals surface area contributed by atoms with Crippen molar-refractivity contribution in [3.63, 3.8) is 0 Å². The maximum atomic E-state index is 12.9. The van der Waals surface area contributed by atoms with Crippen molar-refractivity contribution in [3.8, 4) is 0 Å². The third kappa shape index (κ3) is 3.56. The van der Waals surface area contributed by atoms with Crippen LogP contribution in [0.2, 0.25) is 0 Å². The molecule has 0 bridgehead atoms. The van der Waals surface area contributed by atoms with Crippen LogP contribution in [0.25, 0.3) is 0 Å². The Morgan fingerprint density at radius 3 is 2.52 bits per heavy atom. The predicted octanol–water partition coefficient (Wildman–Crippen LogP) is 2.24. The number of aliphatic hydroxyl groups excluding tert-OH is 1. The topological polar surface area (TPSA) is 83.3 Å². The van der Waals surface area contributed by atoms with Crippen molar-refractivity contribution in [1.82, 2.24) is 9.97 Å². The molecule has 1 aromatic carbocycles. The summed E-state index contributed by atoms with van der Waals surface area (Å²) in [4.78, 5) is 19.5. The minimum atomic E-state index is -1.35. The first kappa shape index (κ1) is 15.4. The Bertz CT molecular complexity index is 636. The lowest BCUT2D eigenvalue weighted by Gasteiger charge is -2.19. The second-order valence-electron chi connectivity index (χ2n) is 4.28. The van der Waals surface area contributed by atoms with Crippen LogP contribution in [0.4, 0.5) is 4.39 Å². The summed E-state index contributed by atoms with van der Waals surface area (Å²) < 4.78 is 12.9. The second kappa shape index (κ2) is 6.64. The zero-order valence-corrected chi connectivity index (χ0v) is 11.9. The molecule has 0 saturated carbocycles. The molecule has 0 amide bonds. The number of carboxylic acid groups (broad SMARTS) is 1. The van der Waals surface area contributed by atoms with Crippen LogP contribution >= 0.6 is 11.8 Å². The summed E-state index contributed by atoms with van der Waals surface area (Å²) in [6.45, 7) is 0. The number of hydrogen-bond donors (Lipinski definition) is 2. The van der Waals surface area contributed by atoms with Gasteiger partial charge in [-0.2, -0.15) is 0 Å². The number of aromatic nitrogens is 2. The normalized spacial score (nSPS) is 13.7. The lowest BCUT2D eigenvalue weighted by atomic mass is 9.91. The minimum Gasteiger partial charge on any atom is -0.481 e. The molecule has 0 aliphatic rings. The fourth-order valence-electron chi connectivity index (χ4n) is 1.92. The fourth-order valence-corrected chi connectivity index (χ4v) is 2.28. The van der Waals surface area contributed by atoms with Gasteiger partial charge in [0.1, 0.15) is 17.8 Å².